The Balaban J connectivity index is 1.29. The Hall–Kier alpha value is -4.66. The van der Waals surface area contributed by atoms with Crippen molar-refractivity contribution in [1.29, 1.82) is 0 Å². The van der Waals surface area contributed by atoms with Crippen LogP contribution in [0.4, 0.5) is 14.9 Å². The number of hydrogen-bond donors (Lipinski definition) is 1. The van der Waals surface area contributed by atoms with Gasteiger partial charge in [-0.15, -0.1) is 0 Å². The summed E-state index contributed by atoms with van der Waals surface area (Å²) in [5.74, 6) is -1.10. The SMILES string of the molecule is O=C1NC(=O)N(c2ccc(OCc3ccccc3Cl)cc2)C(=O)/C1=C/c1ccc(OCc2ccc(F)cc2)c(Cl)c1. The van der Waals surface area contributed by atoms with Crippen LogP contribution in [0, 0.1) is 5.82 Å². The maximum Gasteiger partial charge on any atom is 0.335 e. The molecule has 41 heavy (non-hydrogen) atoms. The number of rotatable bonds is 8. The fourth-order valence-electron chi connectivity index (χ4n) is 3.99. The number of nitrogens with zero attached hydrogens (tertiary/aromatic N) is 1. The zero-order chi connectivity index (χ0) is 28.9. The molecule has 5 rings (SSSR count). The van der Waals surface area contributed by atoms with Crippen LogP contribution in [-0.4, -0.2) is 17.8 Å². The number of ether oxygens (including phenoxy) is 2. The average molecular weight is 591 g/mol. The van der Waals surface area contributed by atoms with E-state index in [1.165, 1.54) is 36.4 Å². The highest BCUT2D eigenvalue weighted by Gasteiger charge is 2.36. The number of hydrogen-bond acceptors (Lipinski definition) is 5. The summed E-state index contributed by atoms with van der Waals surface area (Å²) < 4.78 is 24.6. The minimum Gasteiger partial charge on any atom is -0.489 e. The van der Waals surface area contributed by atoms with E-state index in [1.54, 1.807) is 42.5 Å². The van der Waals surface area contributed by atoms with Crippen LogP contribution in [0.1, 0.15) is 16.7 Å². The molecule has 206 valence electrons. The quantitative estimate of drug-likeness (QED) is 0.177. The third-order valence-electron chi connectivity index (χ3n) is 6.12. The van der Waals surface area contributed by atoms with Gasteiger partial charge >= 0.3 is 6.03 Å². The molecule has 7 nitrogen and oxygen atoms in total. The zero-order valence-electron chi connectivity index (χ0n) is 21.3. The van der Waals surface area contributed by atoms with Crippen LogP contribution >= 0.6 is 23.2 Å². The lowest BCUT2D eigenvalue weighted by molar-refractivity contribution is -0.122. The normalized spacial score (nSPS) is 14.3. The van der Waals surface area contributed by atoms with E-state index in [9.17, 15) is 18.8 Å². The second-order valence-electron chi connectivity index (χ2n) is 8.94. The summed E-state index contributed by atoms with van der Waals surface area (Å²) in [6.45, 7) is 0.407. The van der Waals surface area contributed by atoms with Crippen molar-refractivity contribution < 1.29 is 28.2 Å². The van der Waals surface area contributed by atoms with Crippen molar-refractivity contribution in [3.05, 3.63) is 129 Å². The molecule has 0 aromatic heterocycles. The number of barbiturate groups is 1. The first kappa shape index (κ1) is 27.9. The van der Waals surface area contributed by atoms with Gasteiger partial charge < -0.3 is 9.47 Å². The summed E-state index contributed by atoms with van der Waals surface area (Å²) in [7, 11) is 0. The highest BCUT2D eigenvalue weighted by Crippen LogP contribution is 2.29. The minimum absolute atomic E-state index is 0.169. The van der Waals surface area contributed by atoms with E-state index in [1.807, 2.05) is 18.2 Å². The van der Waals surface area contributed by atoms with Crippen LogP contribution in [0.2, 0.25) is 10.0 Å². The van der Waals surface area contributed by atoms with Crippen molar-refractivity contribution in [2.75, 3.05) is 4.90 Å². The summed E-state index contributed by atoms with van der Waals surface area (Å²) in [6.07, 6.45) is 1.34. The molecule has 1 aliphatic heterocycles. The Morgan fingerprint density at radius 3 is 2.24 bits per heavy atom. The molecular weight excluding hydrogens is 570 g/mol. The molecule has 0 spiro atoms. The summed E-state index contributed by atoms with van der Waals surface area (Å²) >= 11 is 12.5. The Bertz CT molecular complexity index is 1660. The van der Waals surface area contributed by atoms with Crippen molar-refractivity contribution in [3.63, 3.8) is 0 Å². The smallest absolute Gasteiger partial charge is 0.335 e. The molecule has 4 aromatic rings. The highest BCUT2D eigenvalue weighted by molar-refractivity contribution is 6.39. The Labute approximate surface area is 244 Å². The molecule has 1 saturated heterocycles. The van der Waals surface area contributed by atoms with Gasteiger partial charge in [0.1, 0.15) is 36.1 Å². The van der Waals surface area contributed by atoms with E-state index >= 15 is 0 Å². The Morgan fingerprint density at radius 1 is 0.805 bits per heavy atom. The van der Waals surface area contributed by atoms with Gasteiger partial charge in [-0.25, -0.2) is 14.1 Å². The summed E-state index contributed by atoms with van der Waals surface area (Å²) in [6, 6.07) is 23.3. The van der Waals surface area contributed by atoms with Gasteiger partial charge in [0.05, 0.1) is 10.7 Å². The maximum atomic E-state index is 13.3. The van der Waals surface area contributed by atoms with Gasteiger partial charge in [0.2, 0.25) is 0 Å². The van der Waals surface area contributed by atoms with Crippen LogP contribution in [0.3, 0.4) is 0 Å². The van der Waals surface area contributed by atoms with Gasteiger partial charge in [-0.3, -0.25) is 14.9 Å². The topological polar surface area (TPSA) is 84.9 Å². The Kier molecular flexibility index (Phi) is 8.33. The van der Waals surface area contributed by atoms with Gasteiger partial charge in [0.25, 0.3) is 11.8 Å². The van der Waals surface area contributed by atoms with Crippen LogP contribution in [0.25, 0.3) is 6.08 Å². The monoisotopic (exact) mass is 590 g/mol. The number of carbonyl (C=O) groups is 3. The molecule has 0 bridgehead atoms. The summed E-state index contributed by atoms with van der Waals surface area (Å²) in [5, 5.41) is 3.02. The number of nitrogens with one attached hydrogen (secondary N) is 1. The van der Waals surface area contributed by atoms with E-state index in [4.69, 9.17) is 32.7 Å². The number of carbonyl (C=O) groups excluding carboxylic acids is 3. The molecule has 0 atom stereocenters. The summed E-state index contributed by atoms with van der Waals surface area (Å²) in [4.78, 5) is 39.3. The third-order valence-corrected chi connectivity index (χ3v) is 6.79. The minimum atomic E-state index is -0.871. The van der Waals surface area contributed by atoms with E-state index < -0.39 is 17.8 Å². The first-order chi connectivity index (χ1) is 19.8. The molecule has 0 unspecified atom stereocenters. The van der Waals surface area contributed by atoms with Crippen molar-refractivity contribution in [1.82, 2.24) is 5.32 Å². The second-order valence-corrected chi connectivity index (χ2v) is 9.75. The second kappa shape index (κ2) is 12.2. The standard InChI is InChI=1S/C31H21Cl2FN2O5/c32-26-4-2-1-3-21(26)18-40-24-12-10-23(11-13-24)36-30(38)25(29(37)35-31(36)39)15-20-7-14-28(27(33)16-20)41-17-19-5-8-22(34)9-6-19/h1-16H,17-18H2,(H,35,37,39)/b25-15+. The molecule has 1 aliphatic rings. The molecule has 0 saturated carbocycles. The molecular formula is C31H21Cl2FN2O5. The molecule has 10 heteroatoms. The number of benzene rings is 4. The molecule has 4 aromatic carbocycles. The van der Waals surface area contributed by atoms with Gasteiger partial charge in [0, 0.05) is 10.6 Å². The average Bonchev–Trinajstić information content (AvgIpc) is 2.96. The van der Waals surface area contributed by atoms with Gasteiger partial charge in [-0.05, 0) is 71.8 Å². The number of imide groups is 2. The first-order valence-electron chi connectivity index (χ1n) is 12.3. The van der Waals surface area contributed by atoms with E-state index in [0.717, 1.165) is 16.0 Å². The van der Waals surface area contributed by atoms with Crippen molar-refractivity contribution >= 4 is 52.8 Å². The maximum absolute atomic E-state index is 13.3. The molecule has 1 N–H and O–H groups in total. The lowest BCUT2D eigenvalue weighted by Gasteiger charge is -2.26. The molecule has 0 radical (unpaired) electrons. The molecule has 4 amide bonds. The zero-order valence-corrected chi connectivity index (χ0v) is 22.8. The lowest BCUT2D eigenvalue weighted by Crippen LogP contribution is -2.54. The Morgan fingerprint density at radius 2 is 1.54 bits per heavy atom. The van der Waals surface area contributed by atoms with Crippen LogP contribution in [0.5, 0.6) is 11.5 Å². The van der Waals surface area contributed by atoms with Crippen LogP contribution in [-0.2, 0) is 22.8 Å². The molecule has 1 fully saturated rings. The first-order valence-corrected chi connectivity index (χ1v) is 13.1. The van der Waals surface area contributed by atoms with Crippen molar-refractivity contribution in [3.8, 4) is 11.5 Å². The number of halogens is 3. The number of urea groups is 1. The number of anilines is 1. The number of amides is 4. The molecule has 0 aliphatic carbocycles. The lowest BCUT2D eigenvalue weighted by atomic mass is 10.1. The van der Waals surface area contributed by atoms with Crippen LogP contribution in [0.15, 0.2) is 96.6 Å². The molecule has 1 heterocycles. The summed E-state index contributed by atoms with van der Waals surface area (Å²) in [5.41, 5.74) is 2.01. The van der Waals surface area contributed by atoms with E-state index in [0.29, 0.717) is 22.1 Å². The van der Waals surface area contributed by atoms with E-state index in [2.05, 4.69) is 5.32 Å². The van der Waals surface area contributed by atoms with Gasteiger partial charge in [0.15, 0.2) is 0 Å². The predicted molar refractivity (Wildman–Crippen MR) is 153 cm³/mol. The van der Waals surface area contributed by atoms with E-state index in [-0.39, 0.29) is 35.3 Å². The fourth-order valence-corrected chi connectivity index (χ4v) is 4.43. The van der Waals surface area contributed by atoms with Gasteiger partial charge in [-0.1, -0.05) is 59.6 Å². The fraction of sp³-hybridized carbons (Fsp3) is 0.0645. The van der Waals surface area contributed by atoms with Crippen molar-refractivity contribution in [2.24, 2.45) is 0 Å². The largest absolute Gasteiger partial charge is 0.489 e. The van der Waals surface area contributed by atoms with Crippen molar-refractivity contribution in [2.45, 2.75) is 13.2 Å². The highest BCUT2D eigenvalue weighted by atomic mass is 35.5. The third kappa shape index (κ3) is 6.57. The predicted octanol–water partition coefficient (Wildman–Crippen LogP) is 6.96. The van der Waals surface area contributed by atoms with Gasteiger partial charge in [-0.2, -0.15) is 0 Å². The van der Waals surface area contributed by atoms with Crippen LogP contribution < -0.4 is 19.7 Å².